The van der Waals surface area contributed by atoms with Gasteiger partial charge in [-0.05, 0) is 37.5 Å². The van der Waals surface area contributed by atoms with Crippen molar-refractivity contribution in [3.63, 3.8) is 0 Å². The van der Waals surface area contributed by atoms with Crippen LogP contribution < -0.4 is 5.32 Å². The highest BCUT2D eigenvalue weighted by atomic mass is 35.5. The van der Waals surface area contributed by atoms with E-state index in [1.54, 1.807) is 17.0 Å². The van der Waals surface area contributed by atoms with Crippen molar-refractivity contribution >= 4 is 34.8 Å². The zero-order valence-corrected chi connectivity index (χ0v) is 12.0. The summed E-state index contributed by atoms with van der Waals surface area (Å²) in [6, 6.07) is 3.97. The number of carbonyl (C=O) groups is 1. The fourth-order valence-corrected chi connectivity index (χ4v) is 2.19. The summed E-state index contributed by atoms with van der Waals surface area (Å²) >= 11 is 12.1. The number of halogens is 2. The number of hydrogen-bond donors (Lipinski definition) is 1. The number of anilines is 1. The number of aryl methyl sites for hydroxylation is 1. The average molecular weight is 287 g/mol. The smallest absolute Gasteiger partial charge is 0.241 e. The first-order chi connectivity index (χ1) is 8.49. The van der Waals surface area contributed by atoms with Gasteiger partial charge in [-0.25, -0.2) is 0 Å². The van der Waals surface area contributed by atoms with Crippen LogP contribution in [0.2, 0.25) is 10.0 Å². The van der Waals surface area contributed by atoms with Gasteiger partial charge < -0.3 is 10.2 Å². The number of hydrogen-bond acceptors (Lipinski definition) is 2. The van der Waals surface area contributed by atoms with Crippen molar-refractivity contribution in [1.29, 1.82) is 0 Å². The summed E-state index contributed by atoms with van der Waals surface area (Å²) in [5.41, 5.74) is 1.62. The Morgan fingerprint density at radius 1 is 1.39 bits per heavy atom. The van der Waals surface area contributed by atoms with E-state index in [9.17, 15) is 4.79 Å². The van der Waals surface area contributed by atoms with Crippen molar-refractivity contribution in [2.24, 2.45) is 0 Å². The van der Waals surface area contributed by atoms with Crippen LogP contribution in [-0.2, 0) is 4.79 Å². The minimum atomic E-state index is 0.0743. The van der Waals surface area contributed by atoms with Gasteiger partial charge >= 0.3 is 0 Å². The minimum Gasteiger partial charge on any atom is -0.375 e. The Morgan fingerprint density at radius 3 is 2.67 bits per heavy atom. The molecule has 0 radical (unpaired) electrons. The predicted molar refractivity (Wildman–Crippen MR) is 75.5 cm³/mol. The Morgan fingerprint density at radius 2 is 2.06 bits per heavy atom. The van der Waals surface area contributed by atoms with E-state index >= 15 is 0 Å². The summed E-state index contributed by atoms with van der Waals surface area (Å²) in [6.07, 6.45) is 2.22. The quantitative estimate of drug-likeness (QED) is 0.921. The molecule has 0 aromatic heterocycles. The van der Waals surface area contributed by atoms with Crippen LogP contribution in [-0.4, -0.2) is 30.4 Å². The van der Waals surface area contributed by atoms with Crippen LogP contribution in [0.25, 0.3) is 0 Å². The molecule has 0 unspecified atom stereocenters. The first-order valence-corrected chi connectivity index (χ1v) is 6.70. The molecular weight excluding hydrogens is 271 g/mol. The second kappa shape index (κ2) is 5.37. The molecule has 1 aliphatic rings. The minimum absolute atomic E-state index is 0.0743. The third kappa shape index (κ3) is 3.09. The molecule has 0 atom stereocenters. The van der Waals surface area contributed by atoms with Crippen LogP contribution in [0.1, 0.15) is 18.4 Å². The SMILES string of the molecule is Cc1cc(Cl)c(NCC(=O)N(C)C2CC2)cc1Cl. The summed E-state index contributed by atoms with van der Waals surface area (Å²) in [6.45, 7) is 2.14. The predicted octanol–water partition coefficient (Wildman–Crippen LogP) is 3.33. The molecule has 0 aliphatic heterocycles. The first kappa shape index (κ1) is 13.5. The fourth-order valence-electron chi connectivity index (χ4n) is 1.74. The molecule has 1 N–H and O–H groups in total. The number of amides is 1. The molecule has 0 bridgehead atoms. The first-order valence-electron chi connectivity index (χ1n) is 5.94. The Hall–Kier alpha value is -0.930. The lowest BCUT2D eigenvalue weighted by Crippen LogP contribution is -2.33. The third-order valence-corrected chi connectivity index (χ3v) is 3.89. The molecule has 0 heterocycles. The highest BCUT2D eigenvalue weighted by molar-refractivity contribution is 6.35. The van der Waals surface area contributed by atoms with Crippen LogP contribution in [0.3, 0.4) is 0 Å². The molecule has 1 amide bonds. The largest absolute Gasteiger partial charge is 0.375 e. The number of rotatable bonds is 4. The van der Waals surface area contributed by atoms with Gasteiger partial charge in [-0.15, -0.1) is 0 Å². The van der Waals surface area contributed by atoms with Crippen molar-refractivity contribution < 1.29 is 4.79 Å². The molecule has 18 heavy (non-hydrogen) atoms. The van der Waals surface area contributed by atoms with Crippen LogP contribution >= 0.6 is 23.2 Å². The second-order valence-corrected chi connectivity index (χ2v) is 5.49. The molecular formula is C13H16Cl2N2O. The van der Waals surface area contributed by atoms with Gasteiger partial charge in [-0.3, -0.25) is 4.79 Å². The topological polar surface area (TPSA) is 32.3 Å². The number of carbonyl (C=O) groups excluding carboxylic acids is 1. The Labute approximate surface area is 117 Å². The number of nitrogens with zero attached hydrogens (tertiary/aromatic N) is 1. The molecule has 1 aliphatic carbocycles. The molecule has 2 rings (SSSR count). The molecule has 1 aromatic carbocycles. The molecule has 5 heteroatoms. The van der Waals surface area contributed by atoms with E-state index in [0.29, 0.717) is 21.8 Å². The van der Waals surface area contributed by atoms with Crippen LogP contribution in [0.15, 0.2) is 12.1 Å². The van der Waals surface area contributed by atoms with E-state index in [1.165, 1.54) is 0 Å². The highest BCUT2D eigenvalue weighted by Gasteiger charge is 2.29. The van der Waals surface area contributed by atoms with Gasteiger partial charge in [0.15, 0.2) is 0 Å². The molecule has 3 nitrogen and oxygen atoms in total. The lowest BCUT2D eigenvalue weighted by atomic mass is 10.2. The summed E-state index contributed by atoms with van der Waals surface area (Å²) in [5, 5.41) is 4.26. The van der Waals surface area contributed by atoms with E-state index < -0.39 is 0 Å². The normalized spacial score (nSPS) is 14.4. The maximum absolute atomic E-state index is 11.8. The van der Waals surface area contributed by atoms with Crippen LogP contribution in [0.4, 0.5) is 5.69 Å². The van der Waals surface area contributed by atoms with Crippen molar-refractivity contribution in [3.05, 3.63) is 27.7 Å². The standard InChI is InChI=1S/C13H16Cl2N2O/c1-8-5-11(15)12(6-10(8)14)16-7-13(18)17(2)9-3-4-9/h5-6,9,16H,3-4,7H2,1-2H3. The van der Waals surface area contributed by atoms with Gasteiger partial charge in [0, 0.05) is 18.1 Å². The lowest BCUT2D eigenvalue weighted by molar-refractivity contribution is -0.128. The molecule has 0 saturated heterocycles. The van der Waals surface area contributed by atoms with Crippen LogP contribution in [0, 0.1) is 6.92 Å². The molecule has 98 valence electrons. The van der Waals surface area contributed by atoms with Gasteiger partial charge in [-0.1, -0.05) is 23.2 Å². The highest BCUT2D eigenvalue weighted by Crippen LogP contribution is 2.29. The van der Waals surface area contributed by atoms with Gasteiger partial charge in [0.1, 0.15) is 0 Å². The zero-order valence-electron chi connectivity index (χ0n) is 10.5. The molecule has 0 spiro atoms. The maximum Gasteiger partial charge on any atom is 0.241 e. The second-order valence-electron chi connectivity index (χ2n) is 4.67. The van der Waals surface area contributed by atoms with E-state index in [-0.39, 0.29) is 12.5 Å². The monoisotopic (exact) mass is 286 g/mol. The Bertz CT molecular complexity index is 472. The summed E-state index contributed by atoms with van der Waals surface area (Å²) < 4.78 is 0. The van der Waals surface area contributed by atoms with Gasteiger partial charge in [0.2, 0.25) is 5.91 Å². The summed E-state index contributed by atoms with van der Waals surface area (Å²) in [5.74, 6) is 0.0743. The Kier molecular flexibility index (Phi) is 4.03. The van der Waals surface area contributed by atoms with Crippen LogP contribution in [0.5, 0.6) is 0 Å². The van der Waals surface area contributed by atoms with Crippen molar-refractivity contribution in [2.75, 3.05) is 18.9 Å². The summed E-state index contributed by atoms with van der Waals surface area (Å²) in [4.78, 5) is 13.6. The van der Waals surface area contributed by atoms with Gasteiger partial charge in [0.05, 0.1) is 17.3 Å². The third-order valence-electron chi connectivity index (χ3n) is 3.17. The maximum atomic E-state index is 11.8. The lowest BCUT2D eigenvalue weighted by Gasteiger charge is -2.17. The molecule has 1 aromatic rings. The Balaban J connectivity index is 1.97. The molecule has 1 saturated carbocycles. The van der Waals surface area contributed by atoms with E-state index in [1.807, 2.05) is 14.0 Å². The van der Waals surface area contributed by atoms with Crippen molar-refractivity contribution in [1.82, 2.24) is 4.90 Å². The van der Waals surface area contributed by atoms with Gasteiger partial charge in [0.25, 0.3) is 0 Å². The van der Waals surface area contributed by atoms with E-state index in [4.69, 9.17) is 23.2 Å². The van der Waals surface area contributed by atoms with Crippen molar-refractivity contribution in [2.45, 2.75) is 25.8 Å². The number of likely N-dealkylation sites (N-methyl/N-ethyl adjacent to an activating group) is 1. The molecule has 1 fully saturated rings. The summed E-state index contributed by atoms with van der Waals surface area (Å²) in [7, 11) is 1.84. The number of benzene rings is 1. The number of nitrogens with one attached hydrogen (secondary N) is 1. The fraction of sp³-hybridized carbons (Fsp3) is 0.462. The average Bonchev–Trinajstić information content (AvgIpc) is 3.14. The van der Waals surface area contributed by atoms with E-state index in [0.717, 1.165) is 18.4 Å². The van der Waals surface area contributed by atoms with Crippen molar-refractivity contribution in [3.8, 4) is 0 Å². The zero-order chi connectivity index (χ0) is 13.3. The van der Waals surface area contributed by atoms with E-state index in [2.05, 4.69) is 5.32 Å². The van der Waals surface area contributed by atoms with Gasteiger partial charge in [-0.2, -0.15) is 0 Å².